The predicted molar refractivity (Wildman–Crippen MR) is 65.1 cm³/mol. The van der Waals surface area contributed by atoms with Gasteiger partial charge < -0.3 is 9.47 Å². The van der Waals surface area contributed by atoms with Crippen LogP contribution in [0.3, 0.4) is 0 Å². The molecule has 1 aliphatic heterocycles. The molecule has 0 amide bonds. The van der Waals surface area contributed by atoms with Crippen LogP contribution in [0.2, 0.25) is 0 Å². The molecule has 1 aliphatic rings. The van der Waals surface area contributed by atoms with Crippen LogP contribution in [0.5, 0.6) is 11.5 Å². The van der Waals surface area contributed by atoms with Crippen molar-refractivity contribution in [1.29, 1.82) is 0 Å². The third-order valence-electron chi connectivity index (χ3n) is 2.73. The van der Waals surface area contributed by atoms with Crippen molar-refractivity contribution >= 4 is 5.78 Å². The maximum absolute atomic E-state index is 12.2. The van der Waals surface area contributed by atoms with Crippen LogP contribution in [0.25, 0.3) is 0 Å². The molecule has 90 valence electrons. The van der Waals surface area contributed by atoms with E-state index < -0.39 is 0 Å². The van der Waals surface area contributed by atoms with Crippen molar-refractivity contribution in [3.8, 4) is 11.5 Å². The fourth-order valence-electron chi connectivity index (χ4n) is 1.85. The molecule has 0 N–H and O–H groups in total. The largest absolute Gasteiger partial charge is 0.486 e. The number of fused-ring (bicyclic) bond motifs is 1. The summed E-state index contributed by atoms with van der Waals surface area (Å²) in [6.45, 7) is 1.06. The van der Waals surface area contributed by atoms with E-state index in [0.29, 0.717) is 35.8 Å². The molecule has 18 heavy (non-hydrogen) atoms. The van der Waals surface area contributed by atoms with Crippen LogP contribution >= 0.6 is 0 Å². The lowest BCUT2D eigenvalue weighted by atomic mass is 10.0. The molecule has 0 saturated carbocycles. The number of nitrogens with zero attached hydrogens (tertiary/aromatic N) is 1. The van der Waals surface area contributed by atoms with Crippen LogP contribution in [0, 0.1) is 0 Å². The van der Waals surface area contributed by atoms with E-state index in [4.69, 9.17) is 9.47 Å². The molecule has 2 aromatic rings. The summed E-state index contributed by atoms with van der Waals surface area (Å²) in [6.07, 6.45) is 3.19. The van der Waals surface area contributed by atoms with Crippen molar-refractivity contribution in [1.82, 2.24) is 4.98 Å². The third-order valence-corrected chi connectivity index (χ3v) is 2.73. The molecule has 0 saturated heterocycles. The summed E-state index contributed by atoms with van der Waals surface area (Å²) in [6, 6.07) is 8.70. The highest BCUT2D eigenvalue weighted by Gasteiger charge is 2.15. The van der Waals surface area contributed by atoms with Gasteiger partial charge in [-0.1, -0.05) is 0 Å². The second-order valence-corrected chi connectivity index (χ2v) is 3.93. The summed E-state index contributed by atoms with van der Waals surface area (Å²) in [7, 11) is 0. The van der Waals surface area contributed by atoms with Crippen molar-refractivity contribution in [2.75, 3.05) is 13.2 Å². The van der Waals surface area contributed by atoms with Crippen molar-refractivity contribution in [2.24, 2.45) is 0 Å². The fourth-order valence-corrected chi connectivity index (χ4v) is 1.85. The molecule has 0 spiro atoms. The molecule has 2 heterocycles. The van der Waals surface area contributed by atoms with Gasteiger partial charge in [0.05, 0.1) is 0 Å². The van der Waals surface area contributed by atoms with Gasteiger partial charge in [-0.05, 0) is 30.3 Å². The molecule has 1 aromatic carbocycles. The normalized spacial score (nSPS) is 13.1. The van der Waals surface area contributed by atoms with E-state index in [9.17, 15) is 4.79 Å². The van der Waals surface area contributed by atoms with Gasteiger partial charge in [-0.15, -0.1) is 0 Å². The molecule has 0 fully saturated rings. The van der Waals surface area contributed by atoms with Gasteiger partial charge in [-0.3, -0.25) is 9.78 Å². The first-order valence-electron chi connectivity index (χ1n) is 5.69. The number of hydrogen-bond acceptors (Lipinski definition) is 4. The smallest absolute Gasteiger partial charge is 0.194 e. The number of ketones is 1. The maximum Gasteiger partial charge on any atom is 0.194 e. The van der Waals surface area contributed by atoms with Gasteiger partial charge in [0.2, 0.25) is 0 Å². The first-order valence-corrected chi connectivity index (χ1v) is 5.69. The Kier molecular flexibility index (Phi) is 2.68. The van der Waals surface area contributed by atoms with Crippen molar-refractivity contribution in [2.45, 2.75) is 0 Å². The second-order valence-electron chi connectivity index (χ2n) is 3.93. The first kappa shape index (κ1) is 10.8. The number of carbonyl (C=O) groups is 1. The van der Waals surface area contributed by atoms with E-state index in [1.165, 1.54) is 0 Å². The standard InChI is InChI=1S/C14H11NO3/c16-14(11-2-1-5-15-9-11)10-3-4-12-13(8-10)18-7-6-17-12/h1-5,8-9H,6-7H2. The van der Waals surface area contributed by atoms with E-state index in [1.807, 2.05) is 0 Å². The van der Waals surface area contributed by atoms with Crippen LogP contribution in [-0.4, -0.2) is 24.0 Å². The van der Waals surface area contributed by atoms with Crippen LogP contribution in [0.4, 0.5) is 0 Å². The van der Waals surface area contributed by atoms with Gasteiger partial charge in [0, 0.05) is 23.5 Å². The zero-order valence-corrected chi connectivity index (χ0v) is 9.63. The predicted octanol–water partition coefficient (Wildman–Crippen LogP) is 2.08. The molecule has 4 heteroatoms. The first-order chi connectivity index (χ1) is 8.84. The number of ether oxygens (including phenoxy) is 2. The SMILES string of the molecule is O=C(c1cccnc1)c1ccc2c(c1)OCCO2. The van der Waals surface area contributed by atoms with Crippen molar-refractivity contribution in [3.63, 3.8) is 0 Å². The lowest BCUT2D eigenvalue weighted by molar-refractivity contribution is 0.103. The van der Waals surface area contributed by atoms with E-state index in [0.717, 1.165) is 0 Å². The van der Waals surface area contributed by atoms with E-state index in [1.54, 1.807) is 42.7 Å². The number of benzene rings is 1. The Balaban J connectivity index is 1.95. The van der Waals surface area contributed by atoms with Gasteiger partial charge in [0.1, 0.15) is 13.2 Å². The highest BCUT2D eigenvalue weighted by molar-refractivity contribution is 6.09. The summed E-state index contributed by atoms with van der Waals surface area (Å²) < 4.78 is 10.9. The van der Waals surface area contributed by atoms with E-state index in [-0.39, 0.29) is 5.78 Å². The molecular weight excluding hydrogens is 230 g/mol. The number of carbonyl (C=O) groups excluding carboxylic acids is 1. The Morgan fingerprint density at radius 1 is 1.06 bits per heavy atom. The number of pyridine rings is 1. The van der Waals surface area contributed by atoms with Gasteiger partial charge in [0.25, 0.3) is 0 Å². The Morgan fingerprint density at radius 3 is 2.67 bits per heavy atom. The third kappa shape index (κ3) is 1.93. The monoisotopic (exact) mass is 241 g/mol. The molecule has 4 nitrogen and oxygen atoms in total. The van der Waals surface area contributed by atoms with Gasteiger partial charge >= 0.3 is 0 Å². The minimum absolute atomic E-state index is 0.0694. The summed E-state index contributed by atoms with van der Waals surface area (Å²) >= 11 is 0. The van der Waals surface area contributed by atoms with Crippen LogP contribution < -0.4 is 9.47 Å². The zero-order chi connectivity index (χ0) is 12.4. The van der Waals surface area contributed by atoms with Gasteiger partial charge in [-0.25, -0.2) is 0 Å². The summed E-state index contributed by atoms with van der Waals surface area (Å²) in [5.74, 6) is 1.24. The van der Waals surface area contributed by atoms with Crippen LogP contribution in [0.15, 0.2) is 42.7 Å². The molecule has 1 aromatic heterocycles. The number of aromatic nitrogens is 1. The van der Waals surface area contributed by atoms with E-state index >= 15 is 0 Å². The average molecular weight is 241 g/mol. The highest BCUT2D eigenvalue weighted by atomic mass is 16.6. The van der Waals surface area contributed by atoms with Gasteiger partial charge in [0.15, 0.2) is 17.3 Å². The van der Waals surface area contributed by atoms with E-state index in [2.05, 4.69) is 4.98 Å². The van der Waals surface area contributed by atoms with Crippen LogP contribution in [0.1, 0.15) is 15.9 Å². The zero-order valence-electron chi connectivity index (χ0n) is 9.63. The number of rotatable bonds is 2. The van der Waals surface area contributed by atoms with Gasteiger partial charge in [-0.2, -0.15) is 0 Å². The van der Waals surface area contributed by atoms with Crippen LogP contribution in [-0.2, 0) is 0 Å². The molecule has 0 bridgehead atoms. The molecule has 0 radical (unpaired) electrons. The topological polar surface area (TPSA) is 48.4 Å². The molecule has 0 atom stereocenters. The lowest BCUT2D eigenvalue weighted by Gasteiger charge is -2.18. The summed E-state index contributed by atoms with van der Waals surface area (Å²) in [5.41, 5.74) is 1.14. The second kappa shape index (κ2) is 4.49. The minimum atomic E-state index is -0.0694. The maximum atomic E-state index is 12.2. The highest BCUT2D eigenvalue weighted by Crippen LogP contribution is 2.31. The summed E-state index contributed by atoms with van der Waals surface area (Å²) in [4.78, 5) is 16.1. The minimum Gasteiger partial charge on any atom is -0.486 e. The molecule has 0 unspecified atom stereocenters. The molecular formula is C14H11NO3. The average Bonchev–Trinajstić information content (AvgIpc) is 2.47. The lowest BCUT2D eigenvalue weighted by Crippen LogP contribution is -2.15. The fraction of sp³-hybridized carbons (Fsp3) is 0.143. The molecule has 3 rings (SSSR count). The summed E-state index contributed by atoms with van der Waals surface area (Å²) in [5, 5.41) is 0. The van der Waals surface area contributed by atoms with Crippen molar-refractivity contribution < 1.29 is 14.3 Å². The Morgan fingerprint density at radius 2 is 1.89 bits per heavy atom. The number of hydrogen-bond donors (Lipinski definition) is 0. The quantitative estimate of drug-likeness (QED) is 0.755. The Hall–Kier alpha value is -2.36. The van der Waals surface area contributed by atoms with Crippen molar-refractivity contribution in [3.05, 3.63) is 53.9 Å². The Bertz CT molecular complexity index is 581. The Labute approximate surface area is 104 Å². The molecule has 0 aliphatic carbocycles.